The SMILES string of the molecule is CC(C)(C)OC(=O)N1CCNC2C(O[Si](C)(C)C(C)(C)C)CCCC21. The second-order valence-electron chi connectivity index (χ2n) is 10.1. The molecule has 1 amide bonds. The van der Waals surface area contributed by atoms with Crippen LogP contribution in [0.25, 0.3) is 0 Å². The summed E-state index contributed by atoms with van der Waals surface area (Å²) < 4.78 is 12.4. The number of rotatable bonds is 2. The fraction of sp³-hybridized carbons (Fsp3) is 0.947. The van der Waals surface area contributed by atoms with E-state index in [0.29, 0.717) is 6.54 Å². The molecule has 1 N–H and O–H groups in total. The zero-order valence-electron chi connectivity index (χ0n) is 17.4. The molecule has 146 valence electrons. The van der Waals surface area contributed by atoms with E-state index in [1.54, 1.807) is 0 Å². The van der Waals surface area contributed by atoms with Crippen molar-refractivity contribution < 1.29 is 14.0 Å². The van der Waals surface area contributed by atoms with Gasteiger partial charge in [0.1, 0.15) is 5.60 Å². The van der Waals surface area contributed by atoms with Gasteiger partial charge in [-0.05, 0) is 58.2 Å². The Labute approximate surface area is 154 Å². The minimum Gasteiger partial charge on any atom is -0.444 e. The lowest BCUT2D eigenvalue weighted by molar-refractivity contribution is -0.0207. The summed E-state index contributed by atoms with van der Waals surface area (Å²) in [6.45, 7) is 18.7. The maximum Gasteiger partial charge on any atom is 0.410 e. The van der Waals surface area contributed by atoms with Crippen molar-refractivity contribution in [3.63, 3.8) is 0 Å². The van der Waals surface area contributed by atoms with Gasteiger partial charge in [-0.3, -0.25) is 0 Å². The molecule has 25 heavy (non-hydrogen) atoms. The van der Waals surface area contributed by atoms with Gasteiger partial charge in [0.2, 0.25) is 0 Å². The fourth-order valence-electron chi connectivity index (χ4n) is 3.50. The van der Waals surface area contributed by atoms with E-state index in [1.165, 1.54) is 0 Å². The Hall–Kier alpha value is -0.593. The molecular weight excluding hydrogens is 332 g/mol. The number of carbonyl (C=O) groups is 1. The van der Waals surface area contributed by atoms with E-state index >= 15 is 0 Å². The van der Waals surface area contributed by atoms with E-state index in [1.807, 2.05) is 25.7 Å². The van der Waals surface area contributed by atoms with Crippen molar-refractivity contribution in [2.75, 3.05) is 13.1 Å². The molecule has 1 aliphatic carbocycles. The molecule has 0 aromatic carbocycles. The standard InChI is InChI=1S/C19H38N2O3Si/c1-18(2,3)23-17(22)21-13-12-20-16-14(21)10-9-11-15(16)24-25(7,8)19(4,5)6/h14-16,20H,9-13H2,1-8H3. The number of hydrogen-bond donors (Lipinski definition) is 1. The molecule has 2 rings (SSSR count). The van der Waals surface area contributed by atoms with Gasteiger partial charge in [-0.1, -0.05) is 20.8 Å². The van der Waals surface area contributed by atoms with Crippen LogP contribution < -0.4 is 5.32 Å². The molecule has 0 radical (unpaired) electrons. The molecule has 1 heterocycles. The van der Waals surface area contributed by atoms with Gasteiger partial charge in [-0.25, -0.2) is 4.79 Å². The maximum atomic E-state index is 12.7. The van der Waals surface area contributed by atoms with Crippen molar-refractivity contribution in [1.29, 1.82) is 0 Å². The molecule has 5 nitrogen and oxygen atoms in total. The summed E-state index contributed by atoms with van der Waals surface area (Å²) in [5.41, 5.74) is -0.455. The number of amides is 1. The van der Waals surface area contributed by atoms with E-state index in [0.717, 1.165) is 25.8 Å². The van der Waals surface area contributed by atoms with Crippen molar-refractivity contribution in [1.82, 2.24) is 10.2 Å². The second-order valence-corrected chi connectivity index (χ2v) is 14.8. The third kappa shape index (κ3) is 4.98. The Morgan fingerprint density at radius 1 is 1.12 bits per heavy atom. The molecule has 2 aliphatic rings. The average Bonchev–Trinajstić information content (AvgIpc) is 2.43. The van der Waals surface area contributed by atoms with Crippen LogP contribution in [0.1, 0.15) is 60.8 Å². The number of nitrogens with zero attached hydrogens (tertiary/aromatic N) is 1. The number of carbonyl (C=O) groups excluding carboxylic acids is 1. The molecule has 3 atom stereocenters. The van der Waals surface area contributed by atoms with Crippen LogP contribution in [-0.4, -0.2) is 56.2 Å². The molecule has 1 saturated carbocycles. The first-order valence-corrected chi connectivity index (χ1v) is 12.6. The number of fused-ring (bicyclic) bond motifs is 1. The van der Waals surface area contributed by atoms with Crippen molar-refractivity contribution >= 4 is 14.4 Å². The van der Waals surface area contributed by atoms with Gasteiger partial charge in [-0.2, -0.15) is 0 Å². The largest absolute Gasteiger partial charge is 0.444 e. The summed E-state index contributed by atoms with van der Waals surface area (Å²) in [4.78, 5) is 14.6. The summed E-state index contributed by atoms with van der Waals surface area (Å²) in [6.07, 6.45) is 3.19. The van der Waals surface area contributed by atoms with Crippen molar-refractivity contribution in [3.8, 4) is 0 Å². The molecule has 0 spiro atoms. The summed E-state index contributed by atoms with van der Waals surface area (Å²) >= 11 is 0. The van der Waals surface area contributed by atoms with Crippen LogP contribution in [0.15, 0.2) is 0 Å². The zero-order chi connectivity index (χ0) is 19.0. The monoisotopic (exact) mass is 370 g/mol. The summed E-state index contributed by atoms with van der Waals surface area (Å²) in [5.74, 6) is 0. The van der Waals surface area contributed by atoms with E-state index in [9.17, 15) is 4.79 Å². The van der Waals surface area contributed by atoms with Crippen LogP contribution >= 0.6 is 0 Å². The van der Waals surface area contributed by atoms with Gasteiger partial charge >= 0.3 is 6.09 Å². The van der Waals surface area contributed by atoms with E-state index < -0.39 is 13.9 Å². The average molecular weight is 371 g/mol. The van der Waals surface area contributed by atoms with Gasteiger partial charge in [0.05, 0.1) is 18.2 Å². The molecule has 1 saturated heterocycles. The Kier molecular flexibility index (Phi) is 5.96. The smallest absolute Gasteiger partial charge is 0.410 e. The number of piperazine rings is 1. The normalized spacial score (nSPS) is 28.5. The first-order chi connectivity index (χ1) is 11.3. The predicted molar refractivity (Wildman–Crippen MR) is 104 cm³/mol. The lowest BCUT2D eigenvalue weighted by Gasteiger charge is -2.50. The van der Waals surface area contributed by atoms with Gasteiger partial charge in [-0.15, -0.1) is 0 Å². The third-order valence-corrected chi connectivity index (χ3v) is 10.3. The van der Waals surface area contributed by atoms with Gasteiger partial charge in [0.15, 0.2) is 8.32 Å². The molecule has 1 aliphatic heterocycles. The summed E-state index contributed by atoms with van der Waals surface area (Å²) in [7, 11) is -1.83. The summed E-state index contributed by atoms with van der Waals surface area (Å²) in [6, 6.07) is 0.385. The highest BCUT2D eigenvalue weighted by atomic mass is 28.4. The highest BCUT2D eigenvalue weighted by molar-refractivity contribution is 6.74. The quantitative estimate of drug-likeness (QED) is 0.742. The Bertz CT molecular complexity index is 482. The second kappa shape index (κ2) is 7.20. The number of hydrogen-bond acceptors (Lipinski definition) is 4. The van der Waals surface area contributed by atoms with Crippen LogP contribution in [0.3, 0.4) is 0 Å². The van der Waals surface area contributed by atoms with E-state index in [-0.39, 0.29) is 29.3 Å². The van der Waals surface area contributed by atoms with Gasteiger partial charge in [0.25, 0.3) is 0 Å². The maximum absolute atomic E-state index is 12.7. The fourth-order valence-corrected chi connectivity index (χ4v) is 4.88. The van der Waals surface area contributed by atoms with Crippen LogP contribution in [0.2, 0.25) is 18.1 Å². The van der Waals surface area contributed by atoms with E-state index in [2.05, 4.69) is 39.2 Å². The molecule has 0 aromatic heterocycles. The minimum absolute atomic E-state index is 0.173. The molecule has 0 bridgehead atoms. The van der Waals surface area contributed by atoms with Crippen LogP contribution in [0.4, 0.5) is 4.79 Å². The van der Waals surface area contributed by atoms with Crippen LogP contribution in [0.5, 0.6) is 0 Å². The zero-order valence-corrected chi connectivity index (χ0v) is 18.4. The van der Waals surface area contributed by atoms with Crippen LogP contribution in [0, 0.1) is 0 Å². The van der Waals surface area contributed by atoms with Crippen molar-refractivity contribution in [2.45, 2.75) is 103 Å². The summed E-state index contributed by atoms with van der Waals surface area (Å²) in [5, 5.41) is 3.83. The van der Waals surface area contributed by atoms with Crippen molar-refractivity contribution in [3.05, 3.63) is 0 Å². The lowest BCUT2D eigenvalue weighted by atomic mass is 9.85. The van der Waals surface area contributed by atoms with Crippen LogP contribution in [-0.2, 0) is 9.16 Å². The third-order valence-electron chi connectivity index (χ3n) is 5.82. The molecule has 2 fully saturated rings. The molecule has 6 heteroatoms. The van der Waals surface area contributed by atoms with E-state index in [4.69, 9.17) is 9.16 Å². The number of ether oxygens (including phenoxy) is 1. The highest BCUT2D eigenvalue weighted by Gasteiger charge is 2.46. The van der Waals surface area contributed by atoms with Crippen molar-refractivity contribution in [2.24, 2.45) is 0 Å². The first-order valence-electron chi connectivity index (χ1n) is 9.73. The molecule has 0 aromatic rings. The number of nitrogens with one attached hydrogen (secondary N) is 1. The van der Waals surface area contributed by atoms with Gasteiger partial charge < -0.3 is 19.4 Å². The topological polar surface area (TPSA) is 50.8 Å². The Morgan fingerprint density at radius 2 is 1.76 bits per heavy atom. The Balaban J connectivity index is 2.12. The highest BCUT2D eigenvalue weighted by Crippen LogP contribution is 2.40. The molecular formula is C19H38N2O3Si. The first kappa shape index (κ1) is 20.7. The molecule has 3 unspecified atom stereocenters. The minimum atomic E-state index is -1.83. The predicted octanol–water partition coefficient (Wildman–Crippen LogP) is 4.14. The Morgan fingerprint density at radius 3 is 2.32 bits per heavy atom. The lowest BCUT2D eigenvalue weighted by Crippen LogP contribution is -2.66. The van der Waals surface area contributed by atoms with Gasteiger partial charge in [0, 0.05) is 13.1 Å².